The van der Waals surface area contributed by atoms with Gasteiger partial charge in [0.25, 0.3) is 0 Å². The van der Waals surface area contributed by atoms with Crippen LogP contribution in [0, 0.1) is 0 Å². The van der Waals surface area contributed by atoms with Crippen LogP contribution >= 0.6 is 11.8 Å². The third-order valence-corrected chi connectivity index (χ3v) is 6.52. The minimum absolute atomic E-state index is 0.0664. The third-order valence-electron chi connectivity index (χ3n) is 3.35. The molecule has 0 saturated carbocycles. The first-order valence-electron chi connectivity index (χ1n) is 6.36. The molecule has 0 bridgehead atoms. The molecule has 1 N–H and O–H groups in total. The van der Waals surface area contributed by atoms with Crippen molar-refractivity contribution < 1.29 is 8.42 Å². The summed E-state index contributed by atoms with van der Waals surface area (Å²) >= 11 is 1.81. The van der Waals surface area contributed by atoms with Crippen LogP contribution in [0.15, 0.2) is 17.2 Å². The molecule has 5 nitrogen and oxygen atoms in total. The van der Waals surface area contributed by atoms with Crippen LogP contribution < -0.4 is 5.32 Å². The van der Waals surface area contributed by atoms with Gasteiger partial charge in [0.15, 0.2) is 0 Å². The Morgan fingerprint density at radius 1 is 1.53 bits per heavy atom. The van der Waals surface area contributed by atoms with Crippen molar-refractivity contribution >= 4 is 21.8 Å². The van der Waals surface area contributed by atoms with Crippen molar-refractivity contribution in [1.82, 2.24) is 14.2 Å². The zero-order chi connectivity index (χ0) is 14.0. The predicted molar refractivity (Wildman–Crippen MR) is 78.9 cm³/mol. The van der Waals surface area contributed by atoms with Gasteiger partial charge in [-0.15, -0.1) is 0 Å². The molecule has 1 saturated heterocycles. The maximum absolute atomic E-state index is 12.7. The molecule has 0 aliphatic carbocycles. The number of aromatic nitrogens is 1. The maximum atomic E-state index is 12.7. The first-order valence-corrected chi connectivity index (χ1v) is 8.95. The average Bonchev–Trinajstić information content (AvgIpc) is 2.73. The number of aryl methyl sites for hydroxylation is 1. The molecule has 2 heterocycles. The van der Waals surface area contributed by atoms with Gasteiger partial charge in [-0.1, -0.05) is 0 Å². The van der Waals surface area contributed by atoms with Crippen LogP contribution in [0.1, 0.15) is 12.6 Å². The zero-order valence-corrected chi connectivity index (χ0v) is 13.2. The summed E-state index contributed by atoms with van der Waals surface area (Å²) in [6.45, 7) is 3.24. The fourth-order valence-corrected chi connectivity index (χ4v) is 5.23. The van der Waals surface area contributed by atoms with Crippen molar-refractivity contribution in [3.05, 3.63) is 18.0 Å². The molecule has 1 aromatic rings. The fraction of sp³-hybridized carbons (Fsp3) is 0.667. The van der Waals surface area contributed by atoms with Crippen molar-refractivity contribution in [3.8, 4) is 0 Å². The Bertz CT molecular complexity index is 539. The summed E-state index contributed by atoms with van der Waals surface area (Å²) in [7, 11) is 0.369. The van der Waals surface area contributed by atoms with Gasteiger partial charge < -0.3 is 9.88 Å². The van der Waals surface area contributed by atoms with Crippen LogP contribution in [0.4, 0.5) is 0 Å². The largest absolute Gasteiger partial charge is 0.352 e. The number of sulfonamides is 1. The van der Waals surface area contributed by atoms with E-state index in [4.69, 9.17) is 0 Å². The smallest absolute Gasteiger partial charge is 0.244 e. The van der Waals surface area contributed by atoms with Gasteiger partial charge in [-0.3, -0.25) is 0 Å². The predicted octanol–water partition coefficient (Wildman–Crippen LogP) is 0.870. The van der Waals surface area contributed by atoms with Gasteiger partial charge in [0, 0.05) is 49.6 Å². The number of rotatable bonds is 4. The summed E-state index contributed by atoms with van der Waals surface area (Å²) in [5, 5.41) is 3.05. The molecular formula is C12H21N3O2S2. The lowest BCUT2D eigenvalue weighted by Crippen LogP contribution is -2.44. The van der Waals surface area contributed by atoms with Crippen LogP contribution in [0.3, 0.4) is 0 Å². The van der Waals surface area contributed by atoms with Crippen LogP contribution in [0.5, 0.6) is 0 Å². The van der Waals surface area contributed by atoms with Crippen molar-refractivity contribution in [2.45, 2.75) is 24.4 Å². The second kappa shape index (κ2) is 5.87. The first-order chi connectivity index (χ1) is 8.96. The van der Waals surface area contributed by atoms with Gasteiger partial charge in [-0.2, -0.15) is 16.1 Å². The van der Waals surface area contributed by atoms with E-state index in [9.17, 15) is 8.42 Å². The Hall–Kier alpha value is -0.500. The van der Waals surface area contributed by atoms with Crippen LogP contribution in [0.2, 0.25) is 0 Å². The summed E-state index contributed by atoms with van der Waals surface area (Å²) in [5.74, 6) is 1.75. The summed E-state index contributed by atoms with van der Waals surface area (Å²) in [6.07, 6.45) is 1.70. The molecule has 0 aromatic carbocycles. The van der Waals surface area contributed by atoms with Crippen molar-refractivity contribution in [2.24, 2.45) is 7.05 Å². The molecule has 19 heavy (non-hydrogen) atoms. The van der Waals surface area contributed by atoms with Gasteiger partial charge in [0.1, 0.15) is 4.90 Å². The van der Waals surface area contributed by atoms with E-state index < -0.39 is 10.0 Å². The van der Waals surface area contributed by atoms with Gasteiger partial charge in [-0.05, 0) is 20.0 Å². The molecule has 1 aliphatic rings. The normalized spacial score (nSPS) is 21.7. The Morgan fingerprint density at radius 2 is 2.26 bits per heavy atom. The molecule has 1 unspecified atom stereocenters. The van der Waals surface area contributed by atoms with Crippen molar-refractivity contribution in [1.29, 1.82) is 0 Å². The van der Waals surface area contributed by atoms with E-state index in [-0.39, 0.29) is 6.04 Å². The highest BCUT2D eigenvalue weighted by Crippen LogP contribution is 2.25. The van der Waals surface area contributed by atoms with E-state index in [1.807, 2.05) is 37.3 Å². The number of hydrogen-bond donors (Lipinski definition) is 1. The minimum atomic E-state index is -3.36. The highest BCUT2D eigenvalue weighted by Gasteiger charge is 2.32. The Labute approximate surface area is 119 Å². The topological polar surface area (TPSA) is 54.3 Å². The Balaban J connectivity index is 2.30. The second-order valence-corrected chi connectivity index (χ2v) is 7.89. The van der Waals surface area contributed by atoms with Gasteiger partial charge in [-0.25, -0.2) is 8.42 Å². The fourth-order valence-electron chi connectivity index (χ4n) is 2.28. The molecule has 0 radical (unpaired) electrons. The van der Waals surface area contributed by atoms with Crippen LogP contribution in [0.25, 0.3) is 0 Å². The zero-order valence-electron chi connectivity index (χ0n) is 11.6. The molecule has 108 valence electrons. The lowest BCUT2D eigenvalue weighted by Gasteiger charge is -2.31. The molecule has 1 aliphatic heterocycles. The Kier molecular flexibility index (Phi) is 4.60. The summed E-state index contributed by atoms with van der Waals surface area (Å²) in [6, 6.07) is 1.83. The summed E-state index contributed by atoms with van der Waals surface area (Å²) in [4.78, 5) is 0.402. The number of nitrogens with zero attached hydrogens (tertiary/aromatic N) is 2. The lowest BCUT2D eigenvalue weighted by molar-refractivity contribution is 0.367. The molecule has 1 aromatic heterocycles. The van der Waals surface area contributed by atoms with E-state index >= 15 is 0 Å². The molecule has 1 fully saturated rings. The van der Waals surface area contributed by atoms with E-state index in [2.05, 4.69) is 5.32 Å². The molecule has 1 atom stereocenters. The van der Waals surface area contributed by atoms with E-state index in [1.54, 1.807) is 16.6 Å². The minimum Gasteiger partial charge on any atom is -0.352 e. The lowest BCUT2D eigenvalue weighted by atomic mass is 10.4. The van der Waals surface area contributed by atoms with Crippen molar-refractivity contribution in [2.75, 3.05) is 25.1 Å². The SMILES string of the molecule is CNCc1cc(S(=O)(=O)N2CCSCC2C)cn1C. The summed E-state index contributed by atoms with van der Waals surface area (Å²) < 4.78 is 28.8. The van der Waals surface area contributed by atoms with Crippen molar-refractivity contribution in [3.63, 3.8) is 0 Å². The standard InChI is InChI=1S/C12H21N3O2S2/c1-10-9-18-5-4-15(10)19(16,17)12-6-11(7-13-2)14(3)8-12/h6,8,10,13H,4-5,7,9H2,1-3H3. The second-order valence-electron chi connectivity index (χ2n) is 4.85. The molecular weight excluding hydrogens is 282 g/mol. The van der Waals surface area contributed by atoms with Gasteiger partial charge in [0.2, 0.25) is 10.0 Å². The quantitative estimate of drug-likeness (QED) is 0.897. The van der Waals surface area contributed by atoms with Gasteiger partial charge in [0.05, 0.1) is 0 Å². The van der Waals surface area contributed by atoms with Crippen LogP contribution in [-0.2, 0) is 23.6 Å². The number of hydrogen-bond acceptors (Lipinski definition) is 4. The first kappa shape index (κ1) is 14.9. The van der Waals surface area contributed by atoms with Gasteiger partial charge >= 0.3 is 0 Å². The monoisotopic (exact) mass is 303 g/mol. The molecule has 7 heteroatoms. The maximum Gasteiger partial charge on any atom is 0.244 e. The third kappa shape index (κ3) is 2.99. The molecule has 0 amide bonds. The van der Waals surface area contributed by atoms with E-state index in [0.29, 0.717) is 18.0 Å². The average molecular weight is 303 g/mol. The van der Waals surface area contributed by atoms with E-state index in [0.717, 1.165) is 17.2 Å². The highest BCUT2D eigenvalue weighted by atomic mass is 32.2. The Morgan fingerprint density at radius 3 is 2.89 bits per heavy atom. The van der Waals surface area contributed by atoms with Crippen LogP contribution in [-0.4, -0.2) is 48.4 Å². The molecule has 0 spiro atoms. The highest BCUT2D eigenvalue weighted by molar-refractivity contribution is 7.99. The number of nitrogens with one attached hydrogen (secondary N) is 1. The van der Waals surface area contributed by atoms with E-state index in [1.165, 1.54) is 0 Å². The molecule has 2 rings (SSSR count). The summed E-state index contributed by atoms with van der Waals surface area (Å²) in [5.41, 5.74) is 0.972. The number of thioether (sulfide) groups is 1.